The lowest BCUT2D eigenvalue weighted by Crippen LogP contribution is -2.49. The predicted molar refractivity (Wildman–Crippen MR) is 322 cm³/mol. The van der Waals surface area contributed by atoms with Gasteiger partial charge in [-0.05, 0) is 109 Å². The Bertz CT molecular complexity index is 3020. The topological polar surface area (TPSA) is 234 Å². The highest BCUT2D eigenvalue weighted by Gasteiger charge is 2.45. The van der Waals surface area contributed by atoms with E-state index in [1.165, 1.54) is 14.1 Å². The molecule has 2 aliphatic carbocycles. The monoisotopic (exact) mass is 1180 g/mol. The van der Waals surface area contributed by atoms with Gasteiger partial charge >= 0.3 is 15.6 Å². The number of fused-ring (bicyclic) bond motifs is 2. The van der Waals surface area contributed by atoms with Gasteiger partial charge in [0, 0.05) is 50.1 Å². The first kappa shape index (κ1) is 63.4. The van der Waals surface area contributed by atoms with Gasteiger partial charge in [-0.3, -0.25) is 37.3 Å². The molecule has 4 amide bonds. The van der Waals surface area contributed by atoms with Crippen LogP contribution >= 0.6 is 15.6 Å². The lowest BCUT2D eigenvalue weighted by Gasteiger charge is -2.34. The highest BCUT2D eigenvalue weighted by atomic mass is 31.2. The van der Waals surface area contributed by atoms with Crippen LogP contribution in [-0.4, -0.2) is 108 Å². The van der Waals surface area contributed by atoms with Crippen molar-refractivity contribution in [3.63, 3.8) is 0 Å². The number of aryl methyl sites for hydroxylation is 2. The van der Waals surface area contributed by atoms with E-state index in [4.69, 9.17) is 18.1 Å². The van der Waals surface area contributed by atoms with E-state index in [1.54, 1.807) is 9.80 Å². The molecule has 20 heteroatoms. The van der Waals surface area contributed by atoms with E-state index in [0.29, 0.717) is 11.1 Å². The maximum atomic E-state index is 14.6. The Hall–Kier alpha value is -6.66. The van der Waals surface area contributed by atoms with E-state index in [1.807, 2.05) is 158 Å². The van der Waals surface area contributed by atoms with Crippen molar-refractivity contribution in [1.29, 1.82) is 0 Å². The Morgan fingerprint density at radius 3 is 1.23 bits per heavy atom. The fourth-order valence-electron chi connectivity index (χ4n) is 10.8. The number of likely N-dealkylation sites (N-methyl/N-ethyl adjacent to an activating group) is 2. The summed E-state index contributed by atoms with van der Waals surface area (Å²) < 4.78 is 50.6. The first-order valence-corrected chi connectivity index (χ1v) is 31.8. The normalized spacial score (nSPS) is 18.3. The van der Waals surface area contributed by atoms with Crippen molar-refractivity contribution < 1.29 is 56.2 Å². The molecule has 0 bridgehead atoms. The van der Waals surface area contributed by atoms with Crippen molar-refractivity contribution >= 4 is 39.3 Å². The van der Waals surface area contributed by atoms with Crippen molar-refractivity contribution in [3.05, 3.63) is 213 Å². The van der Waals surface area contributed by atoms with Crippen molar-refractivity contribution in [2.45, 2.75) is 115 Å². The van der Waals surface area contributed by atoms with Crippen LogP contribution in [0.5, 0.6) is 0 Å². The van der Waals surface area contributed by atoms with Gasteiger partial charge in [-0.25, -0.2) is 9.13 Å². The van der Waals surface area contributed by atoms with E-state index < -0.39 is 77.0 Å². The number of phosphoric acid groups is 2. The molecule has 0 aromatic heterocycles. The lowest BCUT2D eigenvalue weighted by molar-refractivity contribution is -0.125. The first-order valence-electron chi connectivity index (χ1n) is 28.8. The van der Waals surface area contributed by atoms with Crippen LogP contribution in [0.4, 0.5) is 0 Å². The average Bonchev–Trinajstić information content (AvgIpc) is 2.87. The Labute approximate surface area is 492 Å². The molecule has 18 nitrogen and oxygen atoms in total. The fraction of sp³-hybridized carbons (Fsp3) is 0.375. The zero-order valence-electron chi connectivity index (χ0n) is 48.1. The van der Waals surface area contributed by atoms with Gasteiger partial charge in [-0.2, -0.15) is 0 Å². The van der Waals surface area contributed by atoms with Crippen LogP contribution in [-0.2, 0) is 75.6 Å². The Morgan fingerprint density at radius 2 is 0.869 bits per heavy atom. The number of rotatable bonds is 31. The molecule has 0 radical (unpaired) electrons. The molecule has 2 aliphatic rings. The largest absolute Gasteiger partial charge is 0.472 e. The van der Waals surface area contributed by atoms with Gasteiger partial charge in [0.2, 0.25) is 11.8 Å². The number of carbonyl (C=O) groups is 4. The summed E-state index contributed by atoms with van der Waals surface area (Å²) in [5, 5.41) is 10.9. The third-order valence-electron chi connectivity index (χ3n) is 15.3. The Balaban J connectivity index is 0.846. The van der Waals surface area contributed by atoms with Crippen LogP contribution in [0.3, 0.4) is 0 Å². The SMILES string of the molecule is CCCCc1ccc(C(=O)N(Cc2ccccc2)C2c3ccccc3CC2OP(=O)(O)OCC(NC)C(=O)NCCNC(=O)C(COP(=O)(O)OC2Cc3ccccc3C2N(Cc2ccccc2)C(=O)c2ccc(CCCC)cc2)NC)cc1. The quantitative estimate of drug-likeness (QED) is 0.0176. The molecule has 84 heavy (non-hydrogen) atoms. The molecule has 0 fully saturated rings. The second-order valence-electron chi connectivity index (χ2n) is 21.2. The molecule has 0 aliphatic heterocycles. The smallest absolute Gasteiger partial charge is 0.353 e. The molecule has 0 saturated heterocycles. The van der Waals surface area contributed by atoms with Gasteiger partial charge in [-0.1, -0.05) is 160 Å². The number of unbranched alkanes of at least 4 members (excludes halogenated alkanes) is 2. The number of phosphoric ester groups is 2. The fourth-order valence-corrected chi connectivity index (χ4v) is 12.7. The maximum Gasteiger partial charge on any atom is 0.472 e. The number of benzene rings is 6. The Morgan fingerprint density at radius 1 is 0.512 bits per heavy atom. The highest BCUT2D eigenvalue weighted by molar-refractivity contribution is 7.47. The number of nitrogens with one attached hydrogen (secondary N) is 4. The van der Waals surface area contributed by atoms with Crippen LogP contribution in [0.2, 0.25) is 0 Å². The summed E-state index contributed by atoms with van der Waals surface area (Å²) in [6.45, 7) is 3.33. The van der Waals surface area contributed by atoms with Crippen LogP contribution in [0.15, 0.2) is 158 Å². The van der Waals surface area contributed by atoms with Gasteiger partial charge < -0.3 is 40.9 Å². The molecule has 446 valence electrons. The molecule has 8 unspecified atom stereocenters. The number of amides is 4. The van der Waals surface area contributed by atoms with Crippen molar-refractivity contribution in [2.75, 3.05) is 40.4 Å². The first-order chi connectivity index (χ1) is 40.6. The molecule has 0 spiro atoms. The van der Waals surface area contributed by atoms with Gasteiger partial charge in [0.1, 0.15) is 12.1 Å². The second kappa shape index (κ2) is 30.4. The molecule has 8 atom stereocenters. The zero-order chi connectivity index (χ0) is 59.6. The summed E-state index contributed by atoms with van der Waals surface area (Å²) in [6.07, 6.45) is 4.37. The van der Waals surface area contributed by atoms with E-state index in [-0.39, 0.29) is 50.8 Å². The third-order valence-corrected chi connectivity index (χ3v) is 17.3. The maximum absolute atomic E-state index is 14.6. The Kier molecular flexibility index (Phi) is 23.0. The van der Waals surface area contributed by atoms with Crippen LogP contribution in [0, 0.1) is 0 Å². The van der Waals surface area contributed by atoms with Crippen LogP contribution in [0.25, 0.3) is 0 Å². The summed E-state index contributed by atoms with van der Waals surface area (Å²) in [5.41, 5.74) is 8.14. The van der Waals surface area contributed by atoms with E-state index >= 15 is 0 Å². The van der Waals surface area contributed by atoms with Gasteiger partial charge in [-0.15, -0.1) is 0 Å². The minimum Gasteiger partial charge on any atom is -0.353 e. The van der Waals surface area contributed by atoms with Gasteiger partial charge in [0.25, 0.3) is 11.8 Å². The average molecular weight is 1190 g/mol. The number of carbonyl (C=O) groups excluding carboxylic acids is 4. The van der Waals surface area contributed by atoms with E-state index in [9.17, 15) is 38.1 Å². The molecule has 6 aromatic carbocycles. The molecule has 8 rings (SSSR count). The lowest BCUT2D eigenvalue weighted by atomic mass is 10.0. The van der Waals surface area contributed by atoms with Gasteiger partial charge in [0.15, 0.2) is 0 Å². The minimum atomic E-state index is -4.89. The van der Waals surface area contributed by atoms with Crippen LogP contribution in [0.1, 0.15) is 117 Å². The standard InChI is InChI=1S/C64H78N6O12P2/c1-5-7-19-45-29-33-49(34-30-45)63(73)69(41-47-21-11-9-12-22-47)59-53-27-17-15-25-51(53)39-57(59)81-83(75,76)79-43-55(65-3)61(71)67-37-38-68-62(72)56(66-4)44-80-84(77,78)82-58-40-52-26-16-18-28-54(52)60(58)70(42-48-23-13-10-14-24-48)64(74)50-35-31-46(32-36-50)20-8-6-2/h9-18,21-36,55-60,65-66H,5-8,19-20,37-44H2,1-4H3,(H,67,71)(H,68,72)(H,75,76)(H,77,78). The summed E-state index contributed by atoms with van der Waals surface area (Å²) in [4.78, 5) is 81.9. The third kappa shape index (κ3) is 17.0. The van der Waals surface area contributed by atoms with Crippen molar-refractivity contribution in [2.24, 2.45) is 0 Å². The number of hydrogen-bond acceptors (Lipinski definition) is 12. The van der Waals surface area contributed by atoms with Crippen molar-refractivity contribution in [1.82, 2.24) is 31.1 Å². The summed E-state index contributed by atoms with van der Waals surface area (Å²) >= 11 is 0. The molecular formula is C64H78N6O12P2. The number of nitrogens with zero attached hydrogens (tertiary/aromatic N) is 2. The summed E-state index contributed by atoms with van der Waals surface area (Å²) in [5.74, 6) is -1.77. The van der Waals surface area contributed by atoms with E-state index in [0.717, 1.165) is 83.0 Å². The molecule has 6 aromatic rings. The predicted octanol–water partition coefficient (Wildman–Crippen LogP) is 9.36. The summed E-state index contributed by atoms with van der Waals surface area (Å²) in [6, 6.07) is 45.3. The van der Waals surface area contributed by atoms with Gasteiger partial charge in [0.05, 0.1) is 37.5 Å². The molecular weight excluding hydrogens is 1110 g/mol. The second-order valence-corrected chi connectivity index (χ2v) is 24.0. The van der Waals surface area contributed by atoms with Crippen LogP contribution < -0.4 is 21.3 Å². The number of hydrogen-bond donors (Lipinski definition) is 6. The molecule has 0 saturated carbocycles. The minimum absolute atomic E-state index is 0.0749. The zero-order valence-corrected chi connectivity index (χ0v) is 49.9. The van der Waals surface area contributed by atoms with E-state index in [2.05, 4.69) is 35.1 Å². The highest BCUT2D eigenvalue weighted by Crippen LogP contribution is 2.52. The molecule has 6 N–H and O–H groups in total. The molecule has 0 heterocycles. The van der Waals surface area contributed by atoms with Crippen molar-refractivity contribution in [3.8, 4) is 0 Å². The summed E-state index contributed by atoms with van der Waals surface area (Å²) in [7, 11) is -6.83.